The summed E-state index contributed by atoms with van der Waals surface area (Å²) in [5.74, 6) is 0.936. The highest BCUT2D eigenvalue weighted by Gasteiger charge is 2.27. The first kappa shape index (κ1) is 14.5. The van der Waals surface area contributed by atoms with E-state index in [1.165, 1.54) is 0 Å². The highest BCUT2D eigenvalue weighted by molar-refractivity contribution is 5.05. The van der Waals surface area contributed by atoms with Gasteiger partial charge in [-0.2, -0.15) is 0 Å². The van der Waals surface area contributed by atoms with Gasteiger partial charge in [0.2, 0.25) is 0 Å². The van der Waals surface area contributed by atoms with Gasteiger partial charge in [0.05, 0.1) is 24.4 Å². The molecule has 5 nitrogen and oxygen atoms in total. The molecule has 0 spiro atoms. The van der Waals surface area contributed by atoms with E-state index >= 15 is 0 Å². The molecular formula is C14H25N3O2. The molecule has 2 heterocycles. The molecule has 2 rings (SSSR count). The van der Waals surface area contributed by atoms with Gasteiger partial charge in [0.1, 0.15) is 0 Å². The van der Waals surface area contributed by atoms with Crippen LogP contribution in [0.5, 0.6) is 0 Å². The van der Waals surface area contributed by atoms with Crippen LogP contribution >= 0.6 is 0 Å². The molecule has 0 unspecified atom stereocenters. The molecule has 0 radical (unpaired) electrons. The summed E-state index contributed by atoms with van der Waals surface area (Å²) in [5, 5.41) is 7.42. The Hall–Kier alpha value is -0.910. The quantitative estimate of drug-likeness (QED) is 0.796. The summed E-state index contributed by atoms with van der Waals surface area (Å²) in [4.78, 5) is 2.35. The van der Waals surface area contributed by atoms with Gasteiger partial charge in [-0.15, -0.1) is 0 Å². The molecule has 108 valence electrons. The summed E-state index contributed by atoms with van der Waals surface area (Å²) in [6.07, 6.45) is 1.13. The first-order chi connectivity index (χ1) is 9.09. The molecule has 0 bridgehead atoms. The third-order valence-corrected chi connectivity index (χ3v) is 3.22. The van der Waals surface area contributed by atoms with Crippen LogP contribution in [-0.2, 0) is 17.8 Å². The number of nitrogens with one attached hydrogen (secondary N) is 1. The third kappa shape index (κ3) is 4.60. The normalized spacial score (nSPS) is 19.7. The van der Waals surface area contributed by atoms with Crippen LogP contribution in [0.3, 0.4) is 0 Å². The van der Waals surface area contributed by atoms with Crippen LogP contribution < -0.4 is 5.32 Å². The summed E-state index contributed by atoms with van der Waals surface area (Å²) in [5.41, 5.74) is 0.917. The average Bonchev–Trinajstić information content (AvgIpc) is 2.76. The monoisotopic (exact) mass is 267 g/mol. The molecule has 0 aliphatic carbocycles. The van der Waals surface area contributed by atoms with E-state index in [0.717, 1.165) is 57.2 Å². The third-order valence-electron chi connectivity index (χ3n) is 3.22. The van der Waals surface area contributed by atoms with Crippen molar-refractivity contribution in [1.82, 2.24) is 15.4 Å². The van der Waals surface area contributed by atoms with Crippen molar-refractivity contribution in [1.29, 1.82) is 0 Å². The van der Waals surface area contributed by atoms with Gasteiger partial charge < -0.3 is 14.6 Å². The number of nitrogens with zero attached hydrogens (tertiary/aromatic N) is 2. The maximum atomic E-state index is 5.71. The van der Waals surface area contributed by atoms with Gasteiger partial charge in [0, 0.05) is 25.7 Å². The first-order valence-electron chi connectivity index (χ1n) is 7.10. The van der Waals surface area contributed by atoms with E-state index in [1.54, 1.807) is 0 Å². The highest BCUT2D eigenvalue weighted by Crippen LogP contribution is 2.18. The second kappa shape index (κ2) is 6.50. The van der Waals surface area contributed by atoms with Gasteiger partial charge in [-0.25, -0.2) is 0 Å². The van der Waals surface area contributed by atoms with Crippen LogP contribution in [0.4, 0.5) is 0 Å². The molecule has 1 N–H and O–H groups in total. The van der Waals surface area contributed by atoms with Gasteiger partial charge in [-0.05, 0) is 26.8 Å². The summed E-state index contributed by atoms with van der Waals surface area (Å²) in [6.45, 7) is 11.7. The Labute approximate surface area is 115 Å². The first-order valence-corrected chi connectivity index (χ1v) is 7.10. The van der Waals surface area contributed by atoms with E-state index in [0.29, 0.717) is 0 Å². The van der Waals surface area contributed by atoms with Gasteiger partial charge >= 0.3 is 0 Å². The van der Waals surface area contributed by atoms with Gasteiger partial charge in [-0.3, -0.25) is 4.90 Å². The molecule has 0 aromatic carbocycles. The molecule has 0 amide bonds. The minimum Gasteiger partial charge on any atom is -0.373 e. The fourth-order valence-corrected chi connectivity index (χ4v) is 2.38. The summed E-state index contributed by atoms with van der Waals surface area (Å²) >= 11 is 0. The number of morpholine rings is 1. The SMILES string of the molecule is CCCNCc1cc(CN2CCOC(C)(C)C2)on1. The lowest BCUT2D eigenvalue weighted by Crippen LogP contribution is -2.47. The van der Waals surface area contributed by atoms with E-state index < -0.39 is 0 Å². The predicted octanol–water partition coefficient (Wildman–Crippen LogP) is 1.78. The van der Waals surface area contributed by atoms with Crippen molar-refractivity contribution >= 4 is 0 Å². The molecule has 19 heavy (non-hydrogen) atoms. The van der Waals surface area contributed by atoms with Gasteiger partial charge in [0.25, 0.3) is 0 Å². The highest BCUT2D eigenvalue weighted by atomic mass is 16.5. The zero-order valence-corrected chi connectivity index (χ0v) is 12.2. The Morgan fingerprint density at radius 3 is 3.05 bits per heavy atom. The van der Waals surface area contributed by atoms with Crippen LogP contribution in [0.25, 0.3) is 0 Å². The minimum atomic E-state index is -0.0657. The summed E-state index contributed by atoms with van der Waals surface area (Å²) < 4.78 is 11.1. The zero-order chi connectivity index (χ0) is 13.7. The molecule has 1 fully saturated rings. The van der Waals surface area contributed by atoms with Crippen LogP contribution in [0.15, 0.2) is 10.6 Å². The van der Waals surface area contributed by atoms with Crippen molar-refractivity contribution < 1.29 is 9.26 Å². The molecule has 1 aliphatic rings. The molecule has 1 aromatic rings. The van der Waals surface area contributed by atoms with Crippen molar-refractivity contribution in [2.45, 2.75) is 45.9 Å². The Kier molecular flexibility index (Phi) is 4.96. The van der Waals surface area contributed by atoms with E-state index in [2.05, 4.69) is 36.1 Å². The van der Waals surface area contributed by atoms with E-state index in [-0.39, 0.29) is 5.60 Å². The van der Waals surface area contributed by atoms with Crippen molar-refractivity contribution in [3.05, 3.63) is 17.5 Å². The van der Waals surface area contributed by atoms with Crippen LogP contribution in [0, 0.1) is 0 Å². The van der Waals surface area contributed by atoms with Gasteiger partial charge in [0.15, 0.2) is 5.76 Å². The largest absolute Gasteiger partial charge is 0.373 e. The van der Waals surface area contributed by atoms with E-state index in [4.69, 9.17) is 9.26 Å². The molecule has 5 heteroatoms. The Morgan fingerprint density at radius 1 is 1.47 bits per heavy atom. The Bertz CT molecular complexity index is 390. The number of aromatic nitrogens is 1. The van der Waals surface area contributed by atoms with Crippen LogP contribution in [0.2, 0.25) is 0 Å². The van der Waals surface area contributed by atoms with Crippen molar-refractivity contribution in [3.8, 4) is 0 Å². The molecule has 1 saturated heterocycles. The Balaban J connectivity index is 1.82. The Morgan fingerprint density at radius 2 is 2.32 bits per heavy atom. The summed E-state index contributed by atoms with van der Waals surface area (Å²) in [6, 6.07) is 2.05. The lowest BCUT2D eigenvalue weighted by atomic mass is 10.1. The van der Waals surface area contributed by atoms with E-state index in [1.807, 2.05) is 6.07 Å². The number of ether oxygens (including phenoxy) is 1. The second-order valence-corrected chi connectivity index (χ2v) is 5.78. The fraction of sp³-hybridized carbons (Fsp3) is 0.786. The molecule has 1 aliphatic heterocycles. The zero-order valence-electron chi connectivity index (χ0n) is 12.2. The van der Waals surface area contributed by atoms with Crippen LogP contribution in [-0.4, -0.2) is 41.9 Å². The van der Waals surface area contributed by atoms with Crippen LogP contribution in [0.1, 0.15) is 38.6 Å². The smallest absolute Gasteiger partial charge is 0.151 e. The van der Waals surface area contributed by atoms with Crippen molar-refractivity contribution in [2.75, 3.05) is 26.2 Å². The lowest BCUT2D eigenvalue weighted by molar-refractivity contribution is -0.0896. The van der Waals surface area contributed by atoms with Crippen molar-refractivity contribution in [2.24, 2.45) is 0 Å². The standard InChI is InChI=1S/C14H25N3O2/c1-4-5-15-9-12-8-13(19-16-12)10-17-6-7-18-14(2,3)11-17/h8,15H,4-7,9-11H2,1-3H3. The summed E-state index contributed by atoms with van der Waals surface area (Å²) in [7, 11) is 0. The van der Waals surface area contributed by atoms with Crippen molar-refractivity contribution in [3.63, 3.8) is 0 Å². The molecule has 0 saturated carbocycles. The second-order valence-electron chi connectivity index (χ2n) is 5.78. The predicted molar refractivity (Wildman–Crippen MR) is 73.8 cm³/mol. The number of rotatable bonds is 6. The molecule has 1 aromatic heterocycles. The number of hydrogen-bond donors (Lipinski definition) is 1. The topological polar surface area (TPSA) is 50.5 Å². The average molecular weight is 267 g/mol. The molecular weight excluding hydrogens is 242 g/mol. The maximum absolute atomic E-state index is 5.71. The maximum Gasteiger partial charge on any atom is 0.151 e. The molecule has 0 atom stereocenters. The van der Waals surface area contributed by atoms with Gasteiger partial charge in [-0.1, -0.05) is 12.1 Å². The lowest BCUT2D eigenvalue weighted by Gasteiger charge is -2.37. The van der Waals surface area contributed by atoms with E-state index in [9.17, 15) is 0 Å². The fourth-order valence-electron chi connectivity index (χ4n) is 2.38. The minimum absolute atomic E-state index is 0.0657. The number of hydrogen-bond acceptors (Lipinski definition) is 5.